The highest BCUT2D eigenvalue weighted by Crippen LogP contribution is 2.39. The van der Waals surface area contributed by atoms with Gasteiger partial charge in [0.2, 0.25) is 11.3 Å². The van der Waals surface area contributed by atoms with E-state index in [0.717, 1.165) is 35.0 Å². The van der Waals surface area contributed by atoms with Crippen molar-refractivity contribution >= 4 is 28.6 Å². The molecule has 0 aliphatic heterocycles. The average Bonchev–Trinajstić information content (AvgIpc) is 3.53. The zero-order valence-corrected chi connectivity index (χ0v) is 16.5. The fourth-order valence-electron chi connectivity index (χ4n) is 3.63. The van der Waals surface area contributed by atoms with Crippen LogP contribution in [0, 0.1) is 6.92 Å². The van der Waals surface area contributed by atoms with Crippen LogP contribution >= 0.6 is 0 Å². The van der Waals surface area contributed by atoms with Gasteiger partial charge in [0.05, 0.1) is 5.52 Å². The van der Waals surface area contributed by atoms with Crippen molar-refractivity contribution in [3.05, 3.63) is 58.0 Å². The lowest BCUT2D eigenvalue weighted by Crippen LogP contribution is -2.23. The first-order valence-electron chi connectivity index (χ1n) is 9.42. The molecule has 7 heteroatoms. The first-order valence-corrected chi connectivity index (χ1v) is 9.42. The van der Waals surface area contributed by atoms with Gasteiger partial charge in [0.15, 0.2) is 0 Å². The third-order valence-electron chi connectivity index (χ3n) is 5.49. The summed E-state index contributed by atoms with van der Waals surface area (Å²) in [6.45, 7) is 3.41. The molecule has 0 unspecified atom stereocenters. The molecule has 2 aromatic heterocycles. The van der Waals surface area contributed by atoms with Crippen LogP contribution in [-0.2, 0) is 4.79 Å². The van der Waals surface area contributed by atoms with Crippen molar-refractivity contribution in [1.29, 1.82) is 0 Å². The first-order chi connectivity index (χ1) is 13.8. The summed E-state index contributed by atoms with van der Waals surface area (Å²) in [6.07, 6.45) is 5.11. The van der Waals surface area contributed by atoms with Crippen LogP contribution in [-0.4, -0.2) is 33.6 Å². The number of anilines is 1. The van der Waals surface area contributed by atoms with E-state index in [-0.39, 0.29) is 17.5 Å². The molecule has 1 aliphatic carbocycles. The van der Waals surface area contributed by atoms with E-state index in [0.29, 0.717) is 11.2 Å². The van der Waals surface area contributed by atoms with Gasteiger partial charge < -0.3 is 14.6 Å². The van der Waals surface area contributed by atoms with Crippen LogP contribution in [0.2, 0.25) is 0 Å². The van der Waals surface area contributed by atoms with Crippen LogP contribution in [0.4, 0.5) is 5.82 Å². The van der Waals surface area contributed by atoms with E-state index in [9.17, 15) is 19.5 Å². The predicted molar refractivity (Wildman–Crippen MR) is 110 cm³/mol. The van der Waals surface area contributed by atoms with Crippen LogP contribution < -0.4 is 10.3 Å². The summed E-state index contributed by atoms with van der Waals surface area (Å²) in [5, 5.41) is 9.83. The Balaban J connectivity index is 1.89. The number of rotatable bonds is 4. The Morgan fingerprint density at radius 1 is 1.21 bits per heavy atom. The monoisotopic (exact) mass is 391 g/mol. The normalized spacial score (nSPS) is 13.5. The topological polar surface area (TPSA) is 92.5 Å². The molecule has 3 aromatic rings. The number of nitrogens with zero attached hydrogens (tertiary/aromatic N) is 3. The van der Waals surface area contributed by atoms with Crippen molar-refractivity contribution in [2.75, 3.05) is 11.9 Å². The molecule has 148 valence electrons. The zero-order chi connectivity index (χ0) is 20.9. The van der Waals surface area contributed by atoms with Crippen molar-refractivity contribution in [1.82, 2.24) is 9.55 Å². The zero-order valence-electron chi connectivity index (χ0n) is 16.5. The summed E-state index contributed by atoms with van der Waals surface area (Å²) in [4.78, 5) is 41.6. The van der Waals surface area contributed by atoms with Gasteiger partial charge in [-0.15, -0.1) is 0 Å². The molecule has 0 bridgehead atoms. The van der Waals surface area contributed by atoms with E-state index in [4.69, 9.17) is 0 Å². The molecular formula is C22H21N3O4. The van der Waals surface area contributed by atoms with E-state index in [2.05, 4.69) is 4.98 Å². The van der Waals surface area contributed by atoms with E-state index in [1.54, 1.807) is 25.4 Å². The number of aromatic carboxylic acids is 1. The minimum atomic E-state index is -1.21. The van der Waals surface area contributed by atoms with Gasteiger partial charge in [0.25, 0.3) is 0 Å². The van der Waals surface area contributed by atoms with E-state index >= 15 is 0 Å². The number of hydrogen-bond donors (Lipinski definition) is 1. The Kier molecular flexibility index (Phi) is 4.45. The lowest BCUT2D eigenvalue weighted by Gasteiger charge is -2.17. The fraction of sp³-hybridized carbons (Fsp3) is 0.273. The molecule has 1 aromatic carbocycles. The first kappa shape index (κ1) is 18.9. The SMILES string of the molecule is CC(=O)N(C)c1ccc(-c2ccc3c(=O)c(C(=O)O)cn(C4CC4)c3c2C)cn1. The van der Waals surface area contributed by atoms with Crippen LogP contribution in [0.3, 0.4) is 0 Å². The summed E-state index contributed by atoms with van der Waals surface area (Å²) >= 11 is 0. The number of pyridine rings is 2. The number of hydrogen-bond acceptors (Lipinski definition) is 4. The van der Waals surface area contributed by atoms with Gasteiger partial charge in [-0.3, -0.25) is 9.59 Å². The summed E-state index contributed by atoms with van der Waals surface area (Å²) in [7, 11) is 1.67. The Morgan fingerprint density at radius 3 is 2.48 bits per heavy atom. The number of amides is 1. The van der Waals surface area contributed by atoms with Crippen molar-refractivity contribution in [2.45, 2.75) is 32.7 Å². The summed E-state index contributed by atoms with van der Waals surface area (Å²) < 4.78 is 1.93. The molecule has 1 amide bonds. The second-order valence-electron chi connectivity index (χ2n) is 7.43. The number of benzene rings is 1. The maximum Gasteiger partial charge on any atom is 0.341 e. The lowest BCUT2D eigenvalue weighted by molar-refractivity contribution is -0.116. The fourth-order valence-corrected chi connectivity index (χ4v) is 3.63. The number of carboxylic acids is 1. The molecular weight excluding hydrogens is 370 g/mol. The number of aryl methyl sites for hydroxylation is 1. The smallest absolute Gasteiger partial charge is 0.341 e. The minimum Gasteiger partial charge on any atom is -0.477 e. The van der Waals surface area contributed by atoms with Crippen molar-refractivity contribution < 1.29 is 14.7 Å². The largest absolute Gasteiger partial charge is 0.477 e. The Labute approximate surface area is 167 Å². The standard InChI is InChI=1S/C22H21N3O4/c1-12-16(14-4-9-19(23-10-14)24(3)13(2)26)7-8-17-20(12)25(15-5-6-15)11-18(21(17)27)22(28)29/h4,7-11,15H,5-6H2,1-3H3,(H,28,29). The van der Waals surface area contributed by atoms with Gasteiger partial charge in [-0.25, -0.2) is 9.78 Å². The van der Waals surface area contributed by atoms with Gasteiger partial charge in [-0.2, -0.15) is 0 Å². The van der Waals surface area contributed by atoms with Crippen LogP contribution in [0.5, 0.6) is 0 Å². The van der Waals surface area contributed by atoms with Gasteiger partial charge in [-0.1, -0.05) is 6.07 Å². The molecule has 1 saturated carbocycles. The number of aromatic nitrogens is 2. The molecule has 2 heterocycles. The number of carboxylic acid groups (broad SMARTS) is 1. The molecule has 1 N–H and O–H groups in total. The number of carbonyl (C=O) groups excluding carboxylic acids is 1. The lowest BCUT2D eigenvalue weighted by atomic mass is 9.97. The Morgan fingerprint density at radius 2 is 1.93 bits per heavy atom. The molecule has 0 saturated heterocycles. The molecule has 0 atom stereocenters. The predicted octanol–water partition coefficient (Wildman–Crippen LogP) is 3.39. The molecule has 0 spiro atoms. The molecule has 4 rings (SSSR count). The average molecular weight is 391 g/mol. The van der Waals surface area contributed by atoms with Gasteiger partial charge in [0.1, 0.15) is 11.4 Å². The summed E-state index contributed by atoms with van der Waals surface area (Å²) in [5.74, 6) is -0.752. The molecule has 7 nitrogen and oxygen atoms in total. The quantitative estimate of drug-likeness (QED) is 0.736. The minimum absolute atomic E-state index is 0.102. The van der Waals surface area contributed by atoms with Crippen molar-refractivity contribution in [2.24, 2.45) is 0 Å². The van der Waals surface area contributed by atoms with Gasteiger partial charge in [-0.05, 0) is 49.1 Å². The second kappa shape index (κ2) is 6.84. The number of carbonyl (C=O) groups is 2. The molecule has 1 aliphatic rings. The van der Waals surface area contributed by atoms with Crippen molar-refractivity contribution in [3.63, 3.8) is 0 Å². The van der Waals surface area contributed by atoms with Crippen molar-refractivity contribution in [3.8, 4) is 11.1 Å². The highest BCUT2D eigenvalue weighted by atomic mass is 16.4. The molecule has 0 radical (unpaired) electrons. The van der Waals surface area contributed by atoms with Crippen LogP contribution in [0.25, 0.3) is 22.0 Å². The Bertz CT molecular complexity index is 1210. The second-order valence-corrected chi connectivity index (χ2v) is 7.43. The number of fused-ring (bicyclic) bond motifs is 1. The maximum atomic E-state index is 12.7. The molecule has 1 fully saturated rings. The third-order valence-corrected chi connectivity index (χ3v) is 5.49. The Hall–Kier alpha value is -3.48. The van der Waals surface area contributed by atoms with Gasteiger partial charge in [0, 0.05) is 43.4 Å². The van der Waals surface area contributed by atoms with Gasteiger partial charge >= 0.3 is 5.97 Å². The summed E-state index contributed by atoms with van der Waals surface area (Å²) in [6, 6.07) is 7.41. The highest BCUT2D eigenvalue weighted by Gasteiger charge is 2.28. The third kappa shape index (κ3) is 3.18. The molecule has 29 heavy (non-hydrogen) atoms. The van der Waals surface area contributed by atoms with E-state index in [1.807, 2.05) is 23.6 Å². The highest BCUT2D eigenvalue weighted by molar-refractivity contribution is 5.96. The van der Waals surface area contributed by atoms with E-state index in [1.165, 1.54) is 18.0 Å². The summed E-state index contributed by atoms with van der Waals surface area (Å²) in [5.41, 5.74) is 2.79. The van der Waals surface area contributed by atoms with E-state index < -0.39 is 11.4 Å². The van der Waals surface area contributed by atoms with Crippen LogP contribution in [0.1, 0.15) is 41.7 Å². The maximum absolute atomic E-state index is 12.7. The van der Waals surface area contributed by atoms with Crippen LogP contribution in [0.15, 0.2) is 41.5 Å².